The second kappa shape index (κ2) is 9.37. The van der Waals surface area contributed by atoms with Crippen LogP contribution in [-0.4, -0.2) is 50.0 Å². The average Bonchev–Trinajstić information content (AvgIpc) is 2.75. The van der Waals surface area contributed by atoms with Crippen LogP contribution < -0.4 is 9.64 Å². The van der Waals surface area contributed by atoms with Crippen LogP contribution in [-0.2, 0) is 10.0 Å². The number of aromatic carboxylic acids is 1. The minimum Gasteiger partial charge on any atom is -0.478 e. The van der Waals surface area contributed by atoms with Crippen molar-refractivity contribution < 1.29 is 23.1 Å². The van der Waals surface area contributed by atoms with Gasteiger partial charge in [0.1, 0.15) is 10.6 Å². The fourth-order valence-electron chi connectivity index (χ4n) is 3.59. The minimum absolute atomic E-state index is 0.0818. The summed E-state index contributed by atoms with van der Waals surface area (Å²) in [7, 11) is -3.97. The van der Waals surface area contributed by atoms with Crippen LogP contribution >= 0.6 is 0 Å². The van der Waals surface area contributed by atoms with Crippen molar-refractivity contribution in [3.8, 4) is 11.5 Å². The zero-order valence-electron chi connectivity index (χ0n) is 17.2. The van der Waals surface area contributed by atoms with E-state index < -0.39 is 16.0 Å². The van der Waals surface area contributed by atoms with Gasteiger partial charge >= 0.3 is 5.97 Å². The Balaban J connectivity index is 2.26. The monoisotopic (exact) mass is 430 g/mol. The van der Waals surface area contributed by atoms with Crippen LogP contribution in [0.4, 0.5) is 5.69 Å². The van der Waals surface area contributed by atoms with Crippen LogP contribution in [0.2, 0.25) is 0 Å². The average molecular weight is 431 g/mol. The Bertz CT molecular complexity index is 982. The Hall–Kier alpha value is -2.76. The number of sulfonamides is 1. The molecule has 1 aliphatic heterocycles. The van der Waals surface area contributed by atoms with Crippen molar-refractivity contribution >= 4 is 21.7 Å². The lowest BCUT2D eigenvalue weighted by Crippen LogP contribution is -2.33. The van der Waals surface area contributed by atoms with E-state index in [4.69, 9.17) is 4.74 Å². The first-order chi connectivity index (χ1) is 14.4. The van der Waals surface area contributed by atoms with Gasteiger partial charge in [0.2, 0.25) is 10.0 Å². The summed E-state index contributed by atoms with van der Waals surface area (Å²) in [6.45, 7) is 5.44. The van der Waals surface area contributed by atoms with E-state index in [0.29, 0.717) is 24.5 Å². The van der Waals surface area contributed by atoms with Crippen LogP contribution in [0.5, 0.6) is 11.5 Å². The molecular weight excluding hydrogens is 404 g/mol. The van der Waals surface area contributed by atoms with Gasteiger partial charge < -0.3 is 14.7 Å². The largest absolute Gasteiger partial charge is 0.478 e. The Morgan fingerprint density at radius 2 is 1.87 bits per heavy atom. The molecule has 0 radical (unpaired) electrons. The van der Waals surface area contributed by atoms with E-state index in [1.54, 1.807) is 32.0 Å². The van der Waals surface area contributed by atoms with E-state index in [1.165, 1.54) is 16.4 Å². The quantitative estimate of drug-likeness (QED) is 0.686. The summed E-state index contributed by atoms with van der Waals surface area (Å²) in [5, 5.41) is 9.65. The first-order valence-corrected chi connectivity index (χ1v) is 11.5. The van der Waals surface area contributed by atoms with Crippen molar-refractivity contribution in [3.63, 3.8) is 0 Å². The molecule has 0 amide bonds. The number of nitrogens with zero attached hydrogens (tertiary/aromatic N) is 2. The highest BCUT2D eigenvalue weighted by Gasteiger charge is 2.31. The van der Waals surface area contributed by atoms with Crippen LogP contribution in [0.3, 0.4) is 0 Å². The maximum absolute atomic E-state index is 13.4. The summed E-state index contributed by atoms with van der Waals surface area (Å²) in [6, 6.07) is 13.1. The number of hydrogen-bond donors (Lipinski definition) is 1. The molecule has 8 heteroatoms. The van der Waals surface area contributed by atoms with E-state index in [0.717, 1.165) is 19.3 Å². The van der Waals surface area contributed by atoms with E-state index in [9.17, 15) is 18.3 Å². The topological polar surface area (TPSA) is 87.2 Å². The Morgan fingerprint density at radius 3 is 2.43 bits per heavy atom. The molecule has 0 aromatic heterocycles. The fraction of sp³-hybridized carbons (Fsp3) is 0.409. The Kier molecular flexibility index (Phi) is 6.85. The van der Waals surface area contributed by atoms with Crippen LogP contribution in [0, 0.1) is 12.1 Å². The second-order valence-corrected chi connectivity index (χ2v) is 8.94. The molecule has 1 heterocycles. The van der Waals surface area contributed by atoms with E-state index in [1.807, 2.05) is 4.90 Å². The molecule has 1 fully saturated rings. The van der Waals surface area contributed by atoms with Gasteiger partial charge in [-0.15, -0.1) is 0 Å². The predicted octanol–water partition coefficient (Wildman–Crippen LogP) is 3.80. The zero-order chi connectivity index (χ0) is 21.7. The first kappa shape index (κ1) is 21.9. The molecule has 0 bridgehead atoms. The van der Waals surface area contributed by atoms with Gasteiger partial charge in [-0.2, -0.15) is 4.31 Å². The third-order valence-electron chi connectivity index (χ3n) is 5.15. The molecule has 1 aliphatic rings. The number of ether oxygens (including phenoxy) is 1. The molecule has 2 aromatic carbocycles. The number of anilines is 1. The normalized spacial score (nSPS) is 14.4. The lowest BCUT2D eigenvalue weighted by Gasteiger charge is -2.32. The third-order valence-corrected chi connectivity index (χ3v) is 7.21. The van der Waals surface area contributed by atoms with Gasteiger partial charge in [0.25, 0.3) is 0 Å². The molecule has 0 unspecified atom stereocenters. The molecule has 0 saturated carbocycles. The highest BCUT2D eigenvalue weighted by atomic mass is 32.2. The highest BCUT2D eigenvalue weighted by molar-refractivity contribution is 7.89. The molecule has 1 N–H and O–H groups in total. The van der Waals surface area contributed by atoms with Crippen molar-refractivity contribution in [2.24, 2.45) is 0 Å². The summed E-state index contributed by atoms with van der Waals surface area (Å²) in [6.07, 6.45) is 2.98. The van der Waals surface area contributed by atoms with Gasteiger partial charge in [-0.05, 0) is 43.5 Å². The molecule has 2 aromatic rings. The number of carbonyl (C=O) groups is 1. The molecule has 1 saturated heterocycles. The highest BCUT2D eigenvalue weighted by Crippen LogP contribution is 2.41. The minimum atomic E-state index is -3.97. The standard InChI is InChI=1S/C22H26N2O5S/c1-3-24(4-2)30(27,28)20-16-17(22(25)26)15-19(23-13-9-6-10-14-23)21(20)29-18-11-7-5-8-12-18/h7,11-12,15-16H,3-4,6,9-10,13-14H2,1-2H3,(H,25,26). The molecule has 7 nitrogen and oxygen atoms in total. The van der Waals surface area contributed by atoms with Gasteiger partial charge in [-0.3, -0.25) is 0 Å². The van der Waals surface area contributed by atoms with Gasteiger partial charge in [0.05, 0.1) is 11.3 Å². The molecular formula is C22H26N2O5S. The molecule has 160 valence electrons. The number of rotatable bonds is 8. The lowest BCUT2D eigenvalue weighted by atomic mass is 10.1. The Labute approximate surface area is 177 Å². The first-order valence-electron chi connectivity index (χ1n) is 10.1. The van der Waals surface area contributed by atoms with E-state index >= 15 is 0 Å². The summed E-state index contributed by atoms with van der Waals surface area (Å²) < 4.78 is 34.2. The van der Waals surface area contributed by atoms with Gasteiger partial charge in [-0.25, -0.2) is 13.2 Å². The van der Waals surface area contributed by atoms with Crippen molar-refractivity contribution in [2.75, 3.05) is 31.1 Å². The molecule has 0 aliphatic carbocycles. The van der Waals surface area contributed by atoms with Crippen molar-refractivity contribution in [2.45, 2.75) is 38.0 Å². The number of carboxylic acids is 1. The predicted molar refractivity (Wildman–Crippen MR) is 114 cm³/mol. The van der Waals surface area contributed by atoms with Crippen LogP contribution in [0.15, 0.2) is 35.2 Å². The van der Waals surface area contributed by atoms with Crippen molar-refractivity contribution in [1.82, 2.24) is 4.31 Å². The van der Waals surface area contributed by atoms with Crippen LogP contribution in [0.25, 0.3) is 0 Å². The number of piperidine rings is 1. The summed E-state index contributed by atoms with van der Waals surface area (Å²) in [5.41, 5.74) is 0.398. The van der Waals surface area contributed by atoms with E-state index in [2.05, 4.69) is 12.1 Å². The van der Waals surface area contributed by atoms with Crippen molar-refractivity contribution in [3.05, 3.63) is 48.0 Å². The van der Waals surface area contributed by atoms with Gasteiger partial charge in [-0.1, -0.05) is 26.0 Å². The zero-order valence-corrected chi connectivity index (χ0v) is 18.0. The summed E-state index contributed by atoms with van der Waals surface area (Å²) in [5.74, 6) is -0.627. The fourth-order valence-corrected chi connectivity index (χ4v) is 5.21. The second-order valence-electron chi connectivity index (χ2n) is 7.04. The van der Waals surface area contributed by atoms with Crippen LogP contribution in [0.1, 0.15) is 43.5 Å². The SMILES string of the molecule is CCN(CC)S(=O)(=O)c1cc(C(=O)O)cc(N2CCCCC2)c1Oc1cc#ccc1. The Morgan fingerprint density at radius 1 is 1.17 bits per heavy atom. The number of hydrogen-bond acceptors (Lipinski definition) is 5. The maximum Gasteiger partial charge on any atom is 0.335 e. The maximum atomic E-state index is 13.4. The molecule has 0 spiro atoms. The smallest absolute Gasteiger partial charge is 0.335 e. The van der Waals surface area contributed by atoms with Gasteiger partial charge in [0, 0.05) is 32.2 Å². The summed E-state index contributed by atoms with van der Waals surface area (Å²) in [4.78, 5) is 13.7. The van der Waals surface area contributed by atoms with Crippen molar-refractivity contribution in [1.29, 1.82) is 0 Å². The molecule has 0 atom stereocenters. The molecule has 30 heavy (non-hydrogen) atoms. The lowest BCUT2D eigenvalue weighted by molar-refractivity contribution is 0.0696. The number of benzene rings is 1. The molecule has 3 rings (SSSR count). The third kappa shape index (κ3) is 4.53. The van der Waals surface area contributed by atoms with Gasteiger partial charge in [0.15, 0.2) is 5.75 Å². The number of carboxylic acid groups (broad SMARTS) is 1. The summed E-state index contributed by atoms with van der Waals surface area (Å²) >= 11 is 0. The van der Waals surface area contributed by atoms with E-state index in [-0.39, 0.29) is 29.3 Å².